The molecule has 12 heteroatoms. The van der Waals surface area contributed by atoms with E-state index >= 15 is 0 Å². The molecule has 4 aromatic rings. The second kappa shape index (κ2) is 11.1. The molecule has 2 N–H and O–H groups in total. The predicted octanol–water partition coefficient (Wildman–Crippen LogP) is 1.67. The van der Waals surface area contributed by atoms with Crippen molar-refractivity contribution >= 4 is 46.6 Å². The summed E-state index contributed by atoms with van der Waals surface area (Å²) in [6.07, 6.45) is 0. The van der Waals surface area contributed by atoms with E-state index in [9.17, 15) is 0 Å². The molecule has 0 radical (unpaired) electrons. The summed E-state index contributed by atoms with van der Waals surface area (Å²) in [4.78, 5) is 0. The van der Waals surface area contributed by atoms with E-state index in [1.165, 1.54) is 8.92 Å². The fourth-order valence-corrected chi connectivity index (χ4v) is 9.35. The van der Waals surface area contributed by atoms with Gasteiger partial charge in [0, 0.05) is 0 Å². The molecule has 0 bridgehead atoms. The van der Waals surface area contributed by atoms with Crippen LogP contribution >= 0.6 is 0 Å². The Bertz CT molecular complexity index is 1150. The van der Waals surface area contributed by atoms with E-state index in [-0.39, 0.29) is 11.1 Å². The van der Waals surface area contributed by atoms with Gasteiger partial charge in [-0.05, 0) is 0 Å². The van der Waals surface area contributed by atoms with Crippen molar-refractivity contribution in [2.45, 2.75) is 65.7 Å². The molecule has 2 heterocycles. The van der Waals surface area contributed by atoms with Crippen molar-refractivity contribution in [2.24, 2.45) is 0 Å². The minimum absolute atomic E-state index is 0.145. The minimum atomic E-state index is -0.145. The first-order valence-corrected chi connectivity index (χ1v) is 17.7. The Labute approximate surface area is 222 Å². The summed E-state index contributed by atoms with van der Waals surface area (Å²) in [6, 6.07) is 17.4. The molecular weight excluding hydrogens is 586 g/mol. The van der Waals surface area contributed by atoms with Crippen molar-refractivity contribution in [3.05, 3.63) is 60.2 Å². The molecular formula is C24H32N10Se2. The predicted molar refractivity (Wildman–Crippen MR) is 144 cm³/mol. The first-order chi connectivity index (χ1) is 17.1. The fraction of sp³-hybridized carbons (Fsp3) is 0.417. The SMILES string of the molecule is CC(C)(C)n1nnnc1CNc1ccc([Se][Se]c2ccc(NCc3nnnn3C(C)(C)C)cc2)cc1. The van der Waals surface area contributed by atoms with Crippen LogP contribution in [0.2, 0.25) is 0 Å². The molecule has 0 atom stereocenters. The van der Waals surface area contributed by atoms with Crippen LogP contribution in [-0.4, -0.2) is 66.7 Å². The third-order valence-corrected chi connectivity index (χ3v) is 12.4. The van der Waals surface area contributed by atoms with Crippen molar-refractivity contribution < 1.29 is 0 Å². The van der Waals surface area contributed by atoms with E-state index in [0.717, 1.165) is 23.0 Å². The topological polar surface area (TPSA) is 111 Å². The van der Waals surface area contributed by atoms with Crippen LogP contribution in [0.3, 0.4) is 0 Å². The Morgan fingerprint density at radius 3 is 1.31 bits per heavy atom. The fourth-order valence-electron chi connectivity index (χ4n) is 3.39. The summed E-state index contributed by atoms with van der Waals surface area (Å²) < 4.78 is 6.50. The van der Waals surface area contributed by atoms with Crippen molar-refractivity contribution in [1.29, 1.82) is 0 Å². The molecule has 36 heavy (non-hydrogen) atoms. The average molecular weight is 619 g/mol. The molecule has 0 aliphatic carbocycles. The third-order valence-electron chi connectivity index (χ3n) is 5.18. The number of benzene rings is 2. The third kappa shape index (κ3) is 6.91. The zero-order chi connectivity index (χ0) is 25.8. The second-order valence-electron chi connectivity index (χ2n) is 10.3. The van der Waals surface area contributed by atoms with Gasteiger partial charge in [-0.3, -0.25) is 0 Å². The number of nitrogens with one attached hydrogen (secondary N) is 2. The van der Waals surface area contributed by atoms with Crippen molar-refractivity contribution in [3.63, 3.8) is 0 Å². The van der Waals surface area contributed by atoms with Crippen LogP contribution in [0.1, 0.15) is 53.2 Å². The summed E-state index contributed by atoms with van der Waals surface area (Å²) >= 11 is 0.844. The molecule has 0 saturated heterocycles. The molecule has 0 fully saturated rings. The first-order valence-electron chi connectivity index (χ1n) is 11.7. The van der Waals surface area contributed by atoms with E-state index in [4.69, 9.17) is 0 Å². The summed E-state index contributed by atoms with van der Waals surface area (Å²) in [5, 5.41) is 31.0. The molecule has 2 aromatic carbocycles. The summed E-state index contributed by atoms with van der Waals surface area (Å²) in [5.41, 5.74) is 1.85. The summed E-state index contributed by atoms with van der Waals surface area (Å²) in [6.45, 7) is 13.7. The number of aromatic nitrogens is 8. The zero-order valence-corrected chi connectivity index (χ0v) is 24.9. The van der Waals surface area contributed by atoms with Crippen LogP contribution in [0, 0.1) is 0 Å². The van der Waals surface area contributed by atoms with Gasteiger partial charge in [-0.25, -0.2) is 0 Å². The van der Waals surface area contributed by atoms with Gasteiger partial charge >= 0.3 is 223 Å². The Hall–Kier alpha value is -2.78. The number of anilines is 2. The van der Waals surface area contributed by atoms with E-state index in [2.05, 4.69) is 132 Å². The van der Waals surface area contributed by atoms with Crippen LogP contribution in [0.15, 0.2) is 48.5 Å². The Morgan fingerprint density at radius 2 is 0.972 bits per heavy atom. The van der Waals surface area contributed by atoms with Gasteiger partial charge in [-0.2, -0.15) is 0 Å². The molecule has 190 valence electrons. The van der Waals surface area contributed by atoms with Crippen LogP contribution in [0.5, 0.6) is 0 Å². The van der Waals surface area contributed by atoms with Gasteiger partial charge in [0.2, 0.25) is 0 Å². The van der Waals surface area contributed by atoms with E-state index in [1.807, 2.05) is 9.36 Å². The van der Waals surface area contributed by atoms with Crippen LogP contribution < -0.4 is 19.6 Å². The molecule has 0 unspecified atom stereocenters. The number of hydrogen-bond acceptors (Lipinski definition) is 8. The molecule has 0 saturated carbocycles. The Balaban J connectivity index is 1.25. The maximum atomic E-state index is 4.15. The standard InChI is InChI=1S/C24H32N10Se2/c1-23(2,3)33-21(27-29-31-33)15-25-17-7-11-19(12-8-17)35-36-20-13-9-18(10-14-20)26-16-22-28-30-32-34(22)24(4,5)6/h7-14,25-26H,15-16H2,1-6H3. The molecule has 0 spiro atoms. The van der Waals surface area contributed by atoms with Gasteiger partial charge in [0.1, 0.15) is 0 Å². The zero-order valence-electron chi connectivity index (χ0n) is 21.4. The van der Waals surface area contributed by atoms with Crippen LogP contribution in [0.4, 0.5) is 11.4 Å². The quantitative estimate of drug-likeness (QED) is 0.273. The molecule has 10 nitrogen and oxygen atoms in total. The molecule has 4 rings (SSSR count). The second-order valence-corrected chi connectivity index (χ2v) is 16.6. The van der Waals surface area contributed by atoms with Gasteiger partial charge in [0.15, 0.2) is 0 Å². The molecule has 0 amide bonds. The van der Waals surface area contributed by atoms with Gasteiger partial charge in [-0.1, -0.05) is 0 Å². The number of nitrogens with zero attached hydrogens (tertiary/aromatic N) is 8. The number of tetrazole rings is 2. The number of hydrogen-bond donors (Lipinski definition) is 2. The van der Waals surface area contributed by atoms with E-state index in [0.29, 0.717) is 39.4 Å². The van der Waals surface area contributed by atoms with Crippen molar-refractivity contribution in [2.75, 3.05) is 10.6 Å². The van der Waals surface area contributed by atoms with Crippen LogP contribution in [0.25, 0.3) is 0 Å². The summed E-state index contributed by atoms with van der Waals surface area (Å²) in [5.74, 6) is 1.65. The van der Waals surface area contributed by atoms with Crippen molar-refractivity contribution in [3.8, 4) is 0 Å². The van der Waals surface area contributed by atoms with Gasteiger partial charge in [-0.15, -0.1) is 0 Å². The van der Waals surface area contributed by atoms with Gasteiger partial charge in [0.25, 0.3) is 0 Å². The molecule has 0 aliphatic rings. The monoisotopic (exact) mass is 620 g/mol. The van der Waals surface area contributed by atoms with Crippen LogP contribution in [-0.2, 0) is 24.2 Å². The molecule has 2 aromatic heterocycles. The number of rotatable bonds is 9. The van der Waals surface area contributed by atoms with E-state index < -0.39 is 0 Å². The molecule has 0 aliphatic heterocycles. The first kappa shape index (κ1) is 26.3. The Kier molecular flexibility index (Phi) is 8.10. The Morgan fingerprint density at radius 1 is 0.611 bits per heavy atom. The maximum absolute atomic E-state index is 4.15. The normalized spacial score (nSPS) is 12.1. The average Bonchev–Trinajstić information content (AvgIpc) is 3.51. The van der Waals surface area contributed by atoms with Gasteiger partial charge in [0.05, 0.1) is 0 Å². The van der Waals surface area contributed by atoms with E-state index in [1.54, 1.807) is 0 Å². The van der Waals surface area contributed by atoms with Gasteiger partial charge < -0.3 is 0 Å². The van der Waals surface area contributed by atoms with Crippen molar-refractivity contribution in [1.82, 2.24) is 40.4 Å². The summed E-state index contributed by atoms with van der Waals surface area (Å²) in [7, 11) is 0.